The number of ether oxygens (including phenoxy) is 1. The number of carbonyl (C=O) groups excluding carboxylic acids is 1. The van der Waals surface area contributed by atoms with Gasteiger partial charge in [0.25, 0.3) is 5.91 Å². The van der Waals surface area contributed by atoms with Crippen molar-refractivity contribution in [3.63, 3.8) is 0 Å². The minimum atomic E-state index is -0.259. The monoisotopic (exact) mass is 309 g/mol. The topological polar surface area (TPSA) is 65.4 Å². The lowest BCUT2D eigenvalue weighted by molar-refractivity contribution is 0.0946. The largest absolute Gasteiger partial charge is 0.496 e. The Morgan fingerprint density at radius 3 is 2.62 bits per heavy atom. The molecule has 0 saturated carbocycles. The first kappa shape index (κ1) is 17.3. The van der Waals surface area contributed by atoms with Crippen LogP contribution in [0.4, 0.5) is 0 Å². The highest BCUT2D eigenvalue weighted by Gasteiger charge is 2.15. The number of nitrogens with zero attached hydrogens (tertiary/aromatic N) is 2. The van der Waals surface area contributed by atoms with Crippen LogP contribution in [-0.4, -0.2) is 44.1 Å². The first-order valence-electron chi connectivity index (χ1n) is 6.85. The Morgan fingerprint density at radius 1 is 1.43 bits per heavy atom. The summed E-state index contributed by atoms with van der Waals surface area (Å²) in [6, 6.07) is 4.90. The number of halogens is 1. The highest BCUT2D eigenvalue weighted by molar-refractivity contribution is 6.32. The fraction of sp³-hybridized carbons (Fsp3) is 0.467. The second-order valence-corrected chi connectivity index (χ2v) is 4.83. The van der Waals surface area contributed by atoms with Gasteiger partial charge in [-0.25, -0.2) is 0 Å². The van der Waals surface area contributed by atoms with Crippen molar-refractivity contribution in [3.05, 3.63) is 28.3 Å². The number of nitrogens with one attached hydrogen (secondary N) is 1. The third-order valence-corrected chi connectivity index (χ3v) is 3.57. The summed E-state index contributed by atoms with van der Waals surface area (Å²) in [6.07, 6.45) is 0. The van der Waals surface area contributed by atoms with E-state index >= 15 is 0 Å². The van der Waals surface area contributed by atoms with E-state index in [9.17, 15) is 4.79 Å². The van der Waals surface area contributed by atoms with Crippen LogP contribution in [-0.2, 0) is 0 Å². The van der Waals surface area contributed by atoms with Crippen molar-refractivity contribution in [2.24, 2.45) is 0 Å². The molecule has 114 valence electrons. The van der Waals surface area contributed by atoms with E-state index in [0.717, 1.165) is 19.6 Å². The lowest BCUT2D eigenvalue weighted by Crippen LogP contribution is -2.34. The zero-order valence-corrected chi connectivity index (χ0v) is 13.3. The molecule has 0 aliphatic rings. The van der Waals surface area contributed by atoms with Gasteiger partial charge in [0.2, 0.25) is 0 Å². The first-order valence-corrected chi connectivity index (χ1v) is 7.23. The molecule has 1 aromatic rings. The molecule has 0 spiro atoms. The van der Waals surface area contributed by atoms with Crippen molar-refractivity contribution in [2.75, 3.05) is 33.3 Å². The van der Waals surface area contributed by atoms with Gasteiger partial charge in [-0.15, -0.1) is 0 Å². The molecule has 1 aromatic carbocycles. The maximum Gasteiger partial charge on any atom is 0.255 e. The molecule has 1 amide bonds. The average Bonchev–Trinajstić information content (AvgIpc) is 2.51. The van der Waals surface area contributed by atoms with Crippen molar-refractivity contribution in [1.29, 1.82) is 5.26 Å². The van der Waals surface area contributed by atoms with Crippen molar-refractivity contribution in [2.45, 2.75) is 13.8 Å². The molecule has 1 N–H and O–H groups in total. The number of hydrogen-bond donors (Lipinski definition) is 1. The molecule has 5 nitrogen and oxygen atoms in total. The van der Waals surface area contributed by atoms with E-state index in [-0.39, 0.29) is 16.5 Å². The highest BCUT2D eigenvalue weighted by Crippen LogP contribution is 2.26. The summed E-state index contributed by atoms with van der Waals surface area (Å²) in [7, 11) is 1.46. The molecule has 0 atom stereocenters. The van der Waals surface area contributed by atoms with E-state index < -0.39 is 0 Å². The Labute approximate surface area is 130 Å². The Morgan fingerprint density at radius 2 is 2.10 bits per heavy atom. The lowest BCUT2D eigenvalue weighted by Gasteiger charge is -2.18. The maximum atomic E-state index is 12.2. The number of methoxy groups -OCH3 is 1. The van der Waals surface area contributed by atoms with Crippen molar-refractivity contribution >= 4 is 17.5 Å². The second kappa shape index (κ2) is 8.50. The second-order valence-electron chi connectivity index (χ2n) is 4.43. The summed E-state index contributed by atoms with van der Waals surface area (Å²) in [4.78, 5) is 14.4. The molecule has 6 heteroatoms. The van der Waals surface area contributed by atoms with Crippen molar-refractivity contribution in [3.8, 4) is 11.8 Å². The van der Waals surface area contributed by atoms with Crippen LogP contribution < -0.4 is 10.1 Å². The van der Waals surface area contributed by atoms with Crippen LogP contribution in [0.1, 0.15) is 29.8 Å². The SMILES string of the molecule is CCN(CC)CCNC(=O)c1cc(Cl)c(C#N)cc1OC. The van der Waals surface area contributed by atoms with Gasteiger partial charge in [0.15, 0.2) is 0 Å². The molecular formula is C15H20ClN3O2. The summed E-state index contributed by atoms with van der Waals surface area (Å²) in [5, 5.41) is 12.0. The number of nitriles is 1. The molecule has 0 bridgehead atoms. The van der Waals surface area contributed by atoms with Gasteiger partial charge < -0.3 is 15.0 Å². The van der Waals surface area contributed by atoms with Crippen molar-refractivity contribution in [1.82, 2.24) is 10.2 Å². The van der Waals surface area contributed by atoms with Crippen LogP contribution in [0, 0.1) is 11.3 Å². The lowest BCUT2D eigenvalue weighted by atomic mass is 10.1. The predicted molar refractivity (Wildman–Crippen MR) is 82.8 cm³/mol. The normalized spacial score (nSPS) is 10.3. The predicted octanol–water partition coefficient (Wildman–Crippen LogP) is 2.29. The smallest absolute Gasteiger partial charge is 0.255 e. The zero-order chi connectivity index (χ0) is 15.8. The Hall–Kier alpha value is -1.77. The molecule has 0 unspecified atom stereocenters. The Bertz CT molecular complexity index is 536. The third-order valence-electron chi connectivity index (χ3n) is 3.26. The van der Waals surface area contributed by atoms with Crippen LogP contribution >= 0.6 is 11.6 Å². The fourth-order valence-corrected chi connectivity index (χ4v) is 2.15. The van der Waals surface area contributed by atoms with Gasteiger partial charge in [0.1, 0.15) is 11.8 Å². The highest BCUT2D eigenvalue weighted by atomic mass is 35.5. The van der Waals surface area contributed by atoms with Gasteiger partial charge >= 0.3 is 0 Å². The van der Waals surface area contributed by atoms with Crippen LogP contribution in [0.2, 0.25) is 5.02 Å². The quantitative estimate of drug-likeness (QED) is 0.839. The minimum absolute atomic E-state index is 0.243. The van der Waals surface area contributed by atoms with Gasteiger partial charge in [0, 0.05) is 19.2 Å². The van der Waals surface area contributed by atoms with E-state index in [2.05, 4.69) is 24.1 Å². The molecule has 0 aliphatic carbocycles. The molecule has 0 saturated heterocycles. The summed E-state index contributed by atoms with van der Waals surface area (Å²) in [5.41, 5.74) is 0.620. The van der Waals surface area contributed by atoms with E-state index in [0.29, 0.717) is 17.9 Å². The molecular weight excluding hydrogens is 290 g/mol. The van der Waals surface area contributed by atoms with Gasteiger partial charge in [0.05, 0.1) is 23.3 Å². The molecule has 0 fully saturated rings. The first-order chi connectivity index (χ1) is 10.1. The number of hydrogen-bond acceptors (Lipinski definition) is 4. The Kier molecular flexibility index (Phi) is 7.00. The van der Waals surface area contributed by atoms with Gasteiger partial charge in [-0.2, -0.15) is 5.26 Å². The molecule has 0 radical (unpaired) electrons. The van der Waals surface area contributed by atoms with Crippen LogP contribution in [0.25, 0.3) is 0 Å². The molecule has 0 heterocycles. The minimum Gasteiger partial charge on any atom is -0.496 e. The maximum absolute atomic E-state index is 12.2. The van der Waals surface area contributed by atoms with Crippen LogP contribution in [0.3, 0.4) is 0 Å². The summed E-state index contributed by atoms with van der Waals surface area (Å²) < 4.78 is 5.15. The molecule has 0 aromatic heterocycles. The van der Waals surface area contributed by atoms with E-state index in [1.165, 1.54) is 19.2 Å². The summed E-state index contributed by atoms with van der Waals surface area (Å²) in [5.74, 6) is 0.0849. The summed E-state index contributed by atoms with van der Waals surface area (Å²) >= 11 is 5.97. The van der Waals surface area contributed by atoms with Gasteiger partial charge in [-0.3, -0.25) is 4.79 Å². The number of benzene rings is 1. The average molecular weight is 310 g/mol. The van der Waals surface area contributed by atoms with Gasteiger partial charge in [-0.1, -0.05) is 25.4 Å². The molecule has 1 rings (SSSR count). The van der Waals surface area contributed by atoms with E-state index in [1.807, 2.05) is 6.07 Å². The standard InChI is InChI=1S/C15H20ClN3O2/c1-4-19(5-2)7-6-18-15(20)12-9-13(16)11(10-17)8-14(12)21-3/h8-9H,4-7H2,1-3H3,(H,18,20). The summed E-state index contributed by atoms with van der Waals surface area (Å²) in [6.45, 7) is 7.37. The molecule has 0 aliphatic heterocycles. The number of likely N-dealkylation sites (N-methyl/N-ethyl adjacent to an activating group) is 1. The molecule has 21 heavy (non-hydrogen) atoms. The van der Waals surface area contributed by atoms with Crippen LogP contribution in [0.5, 0.6) is 5.75 Å². The number of carbonyl (C=O) groups is 1. The Balaban J connectivity index is 2.78. The number of rotatable bonds is 7. The third kappa shape index (κ3) is 4.62. The number of amides is 1. The van der Waals surface area contributed by atoms with Crippen molar-refractivity contribution < 1.29 is 9.53 Å². The van der Waals surface area contributed by atoms with Gasteiger partial charge in [-0.05, 0) is 19.2 Å². The fourth-order valence-electron chi connectivity index (χ4n) is 1.95. The van der Waals surface area contributed by atoms with E-state index in [4.69, 9.17) is 21.6 Å². The van der Waals surface area contributed by atoms with E-state index in [1.54, 1.807) is 0 Å². The van der Waals surface area contributed by atoms with Crippen LogP contribution in [0.15, 0.2) is 12.1 Å². The zero-order valence-electron chi connectivity index (χ0n) is 12.6.